The van der Waals surface area contributed by atoms with Crippen LogP contribution >= 0.6 is 11.8 Å². The summed E-state index contributed by atoms with van der Waals surface area (Å²) < 4.78 is 5.22. The van der Waals surface area contributed by atoms with Crippen LogP contribution in [0.25, 0.3) is 0 Å². The first-order chi connectivity index (χ1) is 9.35. The van der Waals surface area contributed by atoms with Crippen LogP contribution in [0.1, 0.15) is 24.4 Å². The van der Waals surface area contributed by atoms with E-state index in [1.54, 1.807) is 7.11 Å². The number of hydrogen-bond donors (Lipinski definition) is 1. The second-order valence-electron chi connectivity index (χ2n) is 4.91. The minimum absolute atomic E-state index is 0.509. The Morgan fingerprint density at radius 2 is 2.16 bits per heavy atom. The van der Waals surface area contributed by atoms with Crippen LogP contribution < -0.4 is 10.1 Å². The molecule has 2 rings (SSSR count). The number of benzene rings is 1. The minimum atomic E-state index is 0.509. The van der Waals surface area contributed by atoms with Crippen molar-refractivity contribution in [2.24, 2.45) is 5.92 Å². The van der Waals surface area contributed by atoms with Crippen LogP contribution in [0, 0.1) is 5.92 Å². The van der Waals surface area contributed by atoms with Gasteiger partial charge < -0.3 is 10.1 Å². The van der Waals surface area contributed by atoms with Gasteiger partial charge >= 0.3 is 0 Å². The maximum Gasteiger partial charge on any atom is 0.118 e. The molecule has 1 aliphatic carbocycles. The molecule has 0 spiro atoms. The molecule has 0 radical (unpaired) electrons. The maximum atomic E-state index is 5.22. The predicted octanol–water partition coefficient (Wildman–Crippen LogP) is 3.66. The van der Waals surface area contributed by atoms with Gasteiger partial charge in [-0.3, -0.25) is 0 Å². The standard InChI is InChI=1S/C16H23NOS/c1-3-11-19-12-10-17-16(13-4-5-13)14-6-8-15(18-2)9-7-14/h3,6-9,13,16-17H,1,4-5,10-12H2,2H3. The van der Waals surface area contributed by atoms with E-state index in [1.807, 2.05) is 17.8 Å². The highest BCUT2D eigenvalue weighted by Gasteiger charge is 2.31. The highest BCUT2D eigenvalue weighted by atomic mass is 32.2. The Hall–Kier alpha value is -0.930. The van der Waals surface area contributed by atoms with Gasteiger partial charge in [0.2, 0.25) is 0 Å². The number of thioether (sulfide) groups is 1. The normalized spacial score (nSPS) is 16.1. The molecule has 1 saturated carbocycles. The lowest BCUT2D eigenvalue weighted by molar-refractivity contribution is 0.414. The van der Waals surface area contributed by atoms with Gasteiger partial charge in [0, 0.05) is 24.1 Å². The van der Waals surface area contributed by atoms with Crippen LogP contribution in [0.3, 0.4) is 0 Å². The van der Waals surface area contributed by atoms with E-state index < -0.39 is 0 Å². The molecule has 0 aliphatic heterocycles. The van der Waals surface area contributed by atoms with Crippen molar-refractivity contribution < 1.29 is 4.74 Å². The first-order valence-corrected chi connectivity index (χ1v) is 8.06. The molecule has 0 saturated heterocycles. The van der Waals surface area contributed by atoms with E-state index in [2.05, 4.69) is 36.2 Å². The molecule has 1 unspecified atom stereocenters. The van der Waals surface area contributed by atoms with Crippen molar-refractivity contribution in [2.75, 3.05) is 25.2 Å². The zero-order chi connectivity index (χ0) is 13.5. The van der Waals surface area contributed by atoms with Crippen molar-refractivity contribution in [3.05, 3.63) is 42.5 Å². The van der Waals surface area contributed by atoms with E-state index in [-0.39, 0.29) is 0 Å². The first kappa shape index (κ1) is 14.5. The van der Waals surface area contributed by atoms with E-state index in [0.29, 0.717) is 6.04 Å². The van der Waals surface area contributed by atoms with Crippen LogP contribution in [-0.4, -0.2) is 25.2 Å². The fourth-order valence-electron chi connectivity index (χ4n) is 2.25. The number of methoxy groups -OCH3 is 1. The molecule has 0 heterocycles. The molecule has 1 aromatic carbocycles. The lowest BCUT2D eigenvalue weighted by atomic mass is 10.0. The van der Waals surface area contributed by atoms with E-state index in [1.165, 1.54) is 18.4 Å². The highest BCUT2D eigenvalue weighted by molar-refractivity contribution is 7.99. The van der Waals surface area contributed by atoms with Crippen molar-refractivity contribution in [1.82, 2.24) is 5.32 Å². The summed E-state index contributed by atoms with van der Waals surface area (Å²) in [4.78, 5) is 0. The molecular weight excluding hydrogens is 254 g/mol. The summed E-state index contributed by atoms with van der Waals surface area (Å²) in [6.45, 7) is 4.80. The third kappa shape index (κ3) is 4.59. The molecule has 0 bridgehead atoms. The predicted molar refractivity (Wildman–Crippen MR) is 84.0 cm³/mol. The van der Waals surface area contributed by atoms with Gasteiger partial charge in [-0.1, -0.05) is 18.2 Å². The molecule has 0 aromatic heterocycles. The molecular formula is C16H23NOS. The van der Waals surface area contributed by atoms with Crippen LogP contribution in [0.4, 0.5) is 0 Å². The smallest absolute Gasteiger partial charge is 0.118 e. The number of hydrogen-bond acceptors (Lipinski definition) is 3. The molecule has 19 heavy (non-hydrogen) atoms. The Morgan fingerprint density at radius 3 is 2.74 bits per heavy atom. The van der Waals surface area contributed by atoms with Crippen LogP contribution in [0.15, 0.2) is 36.9 Å². The third-order valence-electron chi connectivity index (χ3n) is 3.41. The number of nitrogens with one attached hydrogen (secondary N) is 1. The van der Waals surface area contributed by atoms with Crippen LogP contribution in [0.2, 0.25) is 0 Å². The summed E-state index contributed by atoms with van der Waals surface area (Å²) in [6, 6.07) is 8.99. The average Bonchev–Trinajstić information content (AvgIpc) is 3.28. The minimum Gasteiger partial charge on any atom is -0.497 e. The molecule has 1 aromatic rings. The SMILES string of the molecule is C=CCSCCNC(c1ccc(OC)cc1)C1CC1. The summed E-state index contributed by atoms with van der Waals surface area (Å²) in [5.74, 6) is 3.93. The molecule has 1 aliphatic rings. The van der Waals surface area contributed by atoms with E-state index in [9.17, 15) is 0 Å². The Labute approximate surface area is 120 Å². The topological polar surface area (TPSA) is 21.3 Å². The van der Waals surface area contributed by atoms with Gasteiger partial charge in [0.15, 0.2) is 0 Å². The molecule has 1 N–H and O–H groups in total. The Bertz CT molecular complexity index is 386. The summed E-state index contributed by atoms with van der Waals surface area (Å²) in [7, 11) is 1.71. The quantitative estimate of drug-likeness (QED) is 0.550. The molecule has 3 heteroatoms. The van der Waals surface area contributed by atoms with Crippen molar-refractivity contribution in [1.29, 1.82) is 0 Å². The number of rotatable bonds is 9. The van der Waals surface area contributed by atoms with Gasteiger partial charge in [-0.05, 0) is 36.5 Å². The van der Waals surface area contributed by atoms with Gasteiger partial charge in [-0.2, -0.15) is 11.8 Å². The van der Waals surface area contributed by atoms with Crippen molar-refractivity contribution in [3.63, 3.8) is 0 Å². The van der Waals surface area contributed by atoms with Crippen molar-refractivity contribution in [2.45, 2.75) is 18.9 Å². The van der Waals surface area contributed by atoms with Gasteiger partial charge in [0.1, 0.15) is 5.75 Å². The lowest BCUT2D eigenvalue weighted by Gasteiger charge is -2.19. The molecule has 0 amide bonds. The summed E-state index contributed by atoms with van der Waals surface area (Å²) in [6.07, 6.45) is 4.67. The summed E-state index contributed by atoms with van der Waals surface area (Å²) in [5.41, 5.74) is 1.39. The molecule has 1 atom stereocenters. The summed E-state index contributed by atoms with van der Waals surface area (Å²) in [5, 5.41) is 3.70. The average molecular weight is 277 g/mol. The van der Waals surface area contributed by atoms with Crippen LogP contribution in [-0.2, 0) is 0 Å². The molecule has 104 valence electrons. The second kappa shape index (κ2) is 7.61. The van der Waals surface area contributed by atoms with Crippen molar-refractivity contribution >= 4 is 11.8 Å². The van der Waals surface area contributed by atoms with Crippen LogP contribution in [0.5, 0.6) is 5.75 Å². The van der Waals surface area contributed by atoms with Gasteiger partial charge in [-0.15, -0.1) is 6.58 Å². The number of ether oxygens (including phenoxy) is 1. The zero-order valence-corrected chi connectivity index (χ0v) is 12.4. The fourth-order valence-corrected chi connectivity index (χ4v) is 2.85. The zero-order valence-electron chi connectivity index (χ0n) is 11.6. The second-order valence-corrected chi connectivity index (χ2v) is 6.06. The fraction of sp³-hybridized carbons (Fsp3) is 0.500. The largest absolute Gasteiger partial charge is 0.497 e. The van der Waals surface area contributed by atoms with Gasteiger partial charge in [0.05, 0.1) is 7.11 Å². The third-order valence-corrected chi connectivity index (χ3v) is 4.38. The molecule has 2 nitrogen and oxygen atoms in total. The van der Waals surface area contributed by atoms with E-state index >= 15 is 0 Å². The van der Waals surface area contributed by atoms with E-state index in [0.717, 1.165) is 29.7 Å². The molecule has 1 fully saturated rings. The first-order valence-electron chi connectivity index (χ1n) is 6.91. The van der Waals surface area contributed by atoms with Gasteiger partial charge in [-0.25, -0.2) is 0 Å². The van der Waals surface area contributed by atoms with E-state index in [4.69, 9.17) is 4.74 Å². The maximum absolute atomic E-state index is 5.22. The summed E-state index contributed by atoms with van der Waals surface area (Å²) >= 11 is 1.93. The Kier molecular flexibility index (Phi) is 5.80. The monoisotopic (exact) mass is 277 g/mol. The Morgan fingerprint density at radius 1 is 1.42 bits per heavy atom. The highest BCUT2D eigenvalue weighted by Crippen LogP contribution is 2.41. The van der Waals surface area contributed by atoms with Gasteiger partial charge in [0.25, 0.3) is 0 Å². The van der Waals surface area contributed by atoms with Crippen molar-refractivity contribution in [3.8, 4) is 5.75 Å². The lowest BCUT2D eigenvalue weighted by Crippen LogP contribution is -2.25. The Balaban J connectivity index is 1.86.